The lowest BCUT2D eigenvalue weighted by atomic mass is 10.2. The van der Waals surface area contributed by atoms with E-state index in [1.165, 1.54) is 19.5 Å². The third kappa shape index (κ3) is 3.75. The molecule has 0 unspecified atom stereocenters. The molecule has 6 nitrogen and oxygen atoms in total. The lowest BCUT2D eigenvalue weighted by Gasteiger charge is -2.11. The summed E-state index contributed by atoms with van der Waals surface area (Å²) in [5, 5.41) is 12.6. The van der Waals surface area contributed by atoms with Crippen molar-refractivity contribution >= 4 is 16.7 Å². The predicted molar refractivity (Wildman–Crippen MR) is 91.2 cm³/mol. The van der Waals surface area contributed by atoms with Gasteiger partial charge in [0.2, 0.25) is 0 Å². The van der Waals surface area contributed by atoms with Gasteiger partial charge in [0.1, 0.15) is 24.5 Å². The molecule has 0 aliphatic rings. The summed E-state index contributed by atoms with van der Waals surface area (Å²) in [7, 11) is 1.41. The number of rotatable bonds is 6. The van der Waals surface area contributed by atoms with Crippen molar-refractivity contribution in [2.75, 3.05) is 25.6 Å². The van der Waals surface area contributed by atoms with E-state index in [0.717, 1.165) is 0 Å². The molecule has 0 radical (unpaired) electrons. The van der Waals surface area contributed by atoms with Gasteiger partial charge in [-0.1, -0.05) is 0 Å². The molecule has 0 saturated heterocycles. The van der Waals surface area contributed by atoms with Crippen LogP contribution in [0.2, 0.25) is 0 Å². The van der Waals surface area contributed by atoms with Crippen LogP contribution < -0.4 is 14.8 Å². The number of benzene rings is 2. The standard InChI is InChI=1S/C18H15FN4O2/c1-24-17-8-14-16(9-15(17)19)22-11-23-18(14)21-6-7-25-13-4-2-12(10-20)3-5-13/h2-5,8-9,11H,6-7H2,1H3,(H,21,22,23). The summed E-state index contributed by atoms with van der Waals surface area (Å²) in [6.45, 7) is 0.890. The Balaban J connectivity index is 1.65. The molecule has 1 N–H and O–H groups in total. The molecule has 1 heterocycles. The molecule has 0 aliphatic heterocycles. The predicted octanol–water partition coefficient (Wildman–Crippen LogP) is 3.14. The summed E-state index contributed by atoms with van der Waals surface area (Å²) in [4.78, 5) is 8.25. The second-order valence-electron chi connectivity index (χ2n) is 5.14. The van der Waals surface area contributed by atoms with Gasteiger partial charge in [-0.25, -0.2) is 14.4 Å². The topological polar surface area (TPSA) is 80.1 Å². The molecular weight excluding hydrogens is 323 g/mol. The third-order valence-electron chi connectivity index (χ3n) is 3.56. The number of hydrogen-bond donors (Lipinski definition) is 1. The molecular formula is C18H15FN4O2. The maximum absolute atomic E-state index is 13.8. The van der Waals surface area contributed by atoms with Crippen LogP contribution in [0.25, 0.3) is 10.9 Å². The number of nitrogens with one attached hydrogen (secondary N) is 1. The summed E-state index contributed by atoms with van der Waals surface area (Å²) >= 11 is 0. The molecule has 25 heavy (non-hydrogen) atoms. The van der Waals surface area contributed by atoms with Crippen LogP contribution in [0, 0.1) is 17.1 Å². The summed E-state index contributed by atoms with van der Waals surface area (Å²) in [5.74, 6) is 0.923. The number of halogens is 1. The van der Waals surface area contributed by atoms with E-state index in [9.17, 15) is 4.39 Å². The Kier molecular flexibility index (Phi) is 4.90. The van der Waals surface area contributed by atoms with Crippen molar-refractivity contribution in [3.8, 4) is 17.6 Å². The van der Waals surface area contributed by atoms with E-state index < -0.39 is 5.82 Å². The van der Waals surface area contributed by atoms with Gasteiger partial charge in [-0.2, -0.15) is 5.26 Å². The molecule has 0 amide bonds. The van der Waals surface area contributed by atoms with Gasteiger partial charge in [0.25, 0.3) is 0 Å². The average molecular weight is 338 g/mol. The minimum absolute atomic E-state index is 0.138. The fourth-order valence-corrected chi connectivity index (χ4v) is 2.32. The molecule has 0 saturated carbocycles. The summed E-state index contributed by atoms with van der Waals surface area (Å²) in [6, 6.07) is 11.8. The number of anilines is 1. The number of ether oxygens (including phenoxy) is 2. The van der Waals surface area contributed by atoms with Gasteiger partial charge >= 0.3 is 0 Å². The van der Waals surface area contributed by atoms with Crippen molar-refractivity contribution in [2.45, 2.75) is 0 Å². The third-order valence-corrected chi connectivity index (χ3v) is 3.56. The van der Waals surface area contributed by atoms with Gasteiger partial charge < -0.3 is 14.8 Å². The first kappa shape index (κ1) is 16.5. The van der Waals surface area contributed by atoms with E-state index in [1.54, 1.807) is 30.3 Å². The smallest absolute Gasteiger partial charge is 0.167 e. The molecule has 0 aliphatic carbocycles. The highest BCUT2D eigenvalue weighted by atomic mass is 19.1. The van der Waals surface area contributed by atoms with Gasteiger partial charge in [-0.05, 0) is 30.3 Å². The Morgan fingerprint density at radius 2 is 2.00 bits per heavy atom. The highest BCUT2D eigenvalue weighted by Crippen LogP contribution is 2.27. The van der Waals surface area contributed by atoms with Gasteiger partial charge in [0.05, 0.1) is 30.8 Å². The molecule has 0 atom stereocenters. The Bertz CT molecular complexity index is 923. The lowest BCUT2D eigenvalue weighted by molar-refractivity contribution is 0.333. The normalized spacial score (nSPS) is 10.3. The molecule has 3 rings (SSSR count). The summed E-state index contributed by atoms with van der Waals surface area (Å²) in [5.41, 5.74) is 1.07. The second-order valence-corrected chi connectivity index (χ2v) is 5.14. The van der Waals surface area contributed by atoms with Crippen LogP contribution >= 0.6 is 0 Å². The minimum Gasteiger partial charge on any atom is -0.494 e. The molecule has 3 aromatic rings. The molecule has 0 bridgehead atoms. The van der Waals surface area contributed by atoms with E-state index >= 15 is 0 Å². The van der Waals surface area contributed by atoms with Crippen LogP contribution in [-0.2, 0) is 0 Å². The van der Waals surface area contributed by atoms with E-state index in [-0.39, 0.29) is 5.75 Å². The highest BCUT2D eigenvalue weighted by Gasteiger charge is 2.09. The first-order chi connectivity index (χ1) is 12.2. The van der Waals surface area contributed by atoms with Crippen LogP contribution in [0.4, 0.5) is 10.2 Å². The summed E-state index contributed by atoms with van der Waals surface area (Å²) < 4.78 is 24.4. The fourth-order valence-electron chi connectivity index (χ4n) is 2.32. The molecule has 7 heteroatoms. The lowest BCUT2D eigenvalue weighted by Crippen LogP contribution is -2.12. The molecule has 0 spiro atoms. The zero-order valence-corrected chi connectivity index (χ0v) is 13.5. The Morgan fingerprint density at radius 3 is 2.72 bits per heavy atom. The first-order valence-corrected chi connectivity index (χ1v) is 7.56. The molecule has 2 aromatic carbocycles. The van der Waals surface area contributed by atoms with Crippen LogP contribution in [0.1, 0.15) is 5.56 Å². The maximum atomic E-state index is 13.8. The fraction of sp³-hybridized carbons (Fsp3) is 0.167. The minimum atomic E-state index is -0.469. The van der Waals surface area contributed by atoms with Crippen molar-refractivity contribution in [1.29, 1.82) is 5.26 Å². The van der Waals surface area contributed by atoms with Crippen LogP contribution in [-0.4, -0.2) is 30.2 Å². The Labute approximate surface area is 143 Å². The van der Waals surface area contributed by atoms with E-state index in [0.29, 0.717) is 41.2 Å². The van der Waals surface area contributed by atoms with Crippen molar-refractivity contribution in [3.63, 3.8) is 0 Å². The molecule has 1 aromatic heterocycles. The number of nitrogens with zero attached hydrogens (tertiary/aromatic N) is 3. The van der Waals surface area contributed by atoms with Gasteiger partial charge in [-0.15, -0.1) is 0 Å². The number of aromatic nitrogens is 2. The Hall–Kier alpha value is -3.40. The number of fused-ring (bicyclic) bond motifs is 1. The van der Waals surface area contributed by atoms with Gasteiger partial charge in [-0.3, -0.25) is 0 Å². The quantitative estimate of drug-likeness (QED) is 0.696. The van der Waals surface area contributed by atoms with Crippen molar-refractivity contribution in [1.82, 2.24) is 9.97 Å². The largest absolute Gasteiger partial charge is 0.494 e. The van der Waals surface area contributed by atoms with Crippen molar-refractivity contribution < 1.29 is 13.9 Å². The average Bonchev–Trinajstić information content (AvgIpc) is 2.65. The number of hydrogen-bond acceptors (Lipinski definition) is 6. The van der Waals surface area contributed by atoms with Crippen molar-refractivity contribution in [3.05, 3.63) is 54.1 Å². The van der Waals surface area contributed by atoms with Crippen LogP contribution in [0.3, 0.4) is 0 Å². The van der Waals surface area contributed by atoms with E-state index in [1.807, 2.05) is 0 Å². The van der Waals surface area contributed by atoms with Crippen LogP contribution in [0.15, 0.2) is 42.7 Å². The monoisotopic (exact) mass is 338 g/mol. The SMILES string of the molecule is COc1cc2c(NCCOc3ccc(C#N)cc3)ncnc2cc1F. The Morgan fingerprint density at radius 1 is 1.20 bits per heavy atom. The zero-order chi connectivity index (χ0) is 17.6. The highest BCUT2D eigenvalue weighted by molar-refractivity contribution is 5.90. The molecule has 0 fully saturated rings. The number of methoxy groups -OCH3 is 1. The van der Waals surface area contributed by atoms with E-state index in [2.05, 4.69) is 21.4 Å². The number of nitriles is 1. The molecule has 126 valence electrons. The van der Waals surface area contributed by atoms with Crippen molar-refractivity contribution in [2.24, 2.45) is 0 Å². The van der Waals surface area contributed by atoms with E-state index in [4.69, 9.17) is 14.7 Å². The van der Waals surface area contributed by atoms with Gasteiger partial charge in [0, 0.05) is 11.5 Å². The first-order valence-electron chi connectivity index (χ1n) is 7.56. The van der Waals surface area contributed by atoms with Gasteiger partial charge in [0.15, 0.2) is 11.6 Å². The maximum Gasteiger partial charge on any atom is 0.167 e. The second kappa shape index (κ2) is 7.45. The van der Waals surface area contributed by atoms with Crippen LogP contribution in [0.5, 0.6) is 11.5 Å². The zero-order valence-electron chi connectivity index (χ0n) is 13.5. The summed E-state index contributed by atoms with van der Waals surface area (Å²) in [6.07, 6.45) is 1.37.